The smallest absolute Gasteiger partial charge is 0.397 e. The first-order valence-corrected chi connectivity index (χ1v) is 6.37. The number of halogens is 1. The van der Waals surface area contributed by atoms with Crippen LogP contribution in [-0.2, 0) is 14.3 Å². The lowest BCUT2D eigenvalue weighted by atomic mass is 10.2. The lowest BCUT2D eigenvalue weighted by molar-refractivity contribution is -0.152. The third kappa shape index (κ3) is 5.50. The van der Waals surface area contributed by atoms with Gasteiger partial charge in [0.15, 0.2) is 0 Å². The second-order valence-corrected chi connectivity index (χ2v) is 4.13. The van der Waals surface area contributed by atoms with Gasteiger partial charge in [-0.15, -0.1) is 0 Å². The van der Waals surface area contributed by atoms with Gasteiger partial charge in [0.1, 0.15) is 5.82 Å². The van der Waals surface area contributed by atoms with Crippen LogP contribution in [0.25, 0.3) is 0 Å². The number of carbonyl (C=O) groups excluding carboxylic acids is 2. The number of anilines is 1. The maximum absolute atomic E-state index is 13.2. The van der Waals surface area contributed by atoms with Crippen LogP contribution in [0.3, 0.4) is 0 Å². The maximum Gasteiger partial charge on any atom is 0.397 e. The van der Waals surface area contributed by atoms with Crippen molar-refractivity contribution in [2.75, 3.05) is 11.9 Å². The van der Waals surface area contributed by atoms with E-state index in [1.807, 2.05) is 0 Å². The Labute approximate surface area is 112 Å². The minimum absolute atomic E-state index is 0.0320. The molecule has 0 unspecified atom stereocenters. The fourth-order valence-electron chi connectivity index (χ4n) is 1.50. The molecule has 19 heavy (non-hydrogen) atoms. The van der Waals surface area contributed by atoms with E-state index in [-0.39, 0.29) is 12.3 Å². The normalized spacial score (nSPS) is 10.0. The molecular weight excluding hydrogens is 249 g/mol. The Morgan fingerprint density at radius 2 is 1.95 bits per heavy atom. The number of unbranched alkanes of at least 4 members (excludes halogenated alkanes) is 3. The lowest BCUT2D eigenvalue weighted by Crippen LogP contribution is -2.25. The number of carbonyl (C=O) groups is 2. The van der Waals surface area contributed by atoms with Crippen molar-refractivity contribution in [3.05, 3.63) is 30.1 Å². The Kier molecular flexibility index (Phi) is 6.57. The van der Waals surface area contributed by atoms with Gasteiger partial charge in [0, 0.05) is 0 Å². The van der Waals surface area contributed by atoms with E-state index in [1.165, 1.54) is 18.2 Å². The third-order valence-electron chi connectivity index (χ3n) is 2.54. The monoisotopic (exact) mass is 267 g/mol. The summed E-state index contributed by atoms with van der Waals surface area (Å²) in [5.41, 5.74) is -0.0320. The molecule has 0 fully saturated rings. The molecule has 1 amide bonds. The summed E-state index contributed by atoms with van der Waals surface area (Å²) in [7, 11) is 0. The number of hydrogen-bond acceptors (Lipinski definition) is 3. The zero-order chi connectivity index (χ0) is 14.1. The summed E-state index contributed by atoms with van der Waals surface area (Å²) in [6.45, 7) is 2.29. The van der Waals surface area contributed by atoms with Gasteiger partial charge in [0.05, 0.1) is 12.3 Å². The van der Waals surface area contributed by atoms with Crippen molar-refractivity contribution in [2.24, 2.45) is 0 Å². The van der Waals surface area contributed by atoms with Crippen LogP contribution in [0.2, 0.25) is 0 Å². The SMILES string of the molecule is CCCCCCOC(=O)C(=O)Nc1ccccc1F. The molecule has 1 N–H and O–H groups in total. The van der Waals surface area contributed by atoms with E-state index >= 15 is 0 Å². The summed E-state index contributed by atoms with van der Waals surface area (Å²) in [5.74, 6) is -2.54. The zero-order valence-corrected chi connectivity index (χ0v) is 10.9. The second-order valence-electron chi connectivity index (χ2n) is 4.13. The number of para-hydroxylation sites is 1. The Hall–Kier alpha value is -1.91. The van der Waals surface area contributed by atoms with Crippen molar-refractivity contribution in [1.29, 1.82) is 0 Å². The largest absolute Gasteiger partial charge is 0.459 e. The molecule has 0 aromatic heterocycles. The molecular formula is C14H18FNO3. The fraction of sp³-hybridized carbons (Fsp3) is 0.429. The molecule has 0 aliphatic carbocycles. The van der Waals surface area contributed by atoms with Gasteiger partial charge in [0.2, 0.25) is 0 Å². The van der Waals surface area contributed by atoms with Gasteiger partial charge in [-0.3, -0.25) is 4.79 Å². The van der Waals surface area contributed by atoms with Crippen LogP contribution < -0.4 is 5.32 Å². The Balaban J connectivity index is 2.33. The van der Waals surface area contributed by atoms with E-state index in [4.69, 9.17) is 4.74 Å². The Morgan fingerprint density at radius 3 is 2.63 bits per heavy atom. The number of esters is 1. The molecule has 0 radical (unpaired) electrons. The van der Waals surface area contributed by atoms with E-state index in [0.717, 1.165) is 25.7 Å². The van der Waals surface area contributed by atoms with Crippen molar-refractivity contribution >= 4 is 17.6 Å². The van der Waals surface area contributed by atoms with Crippen LogP contribution in [0.5, 0.6) is 0 Å². The molecule has 1 aromatic rings. The molecule has 0 atom stereocenters. The quantitative estimate of drug-likeness (QED) is 0.490. The molecule has 0 aliphatic rings. The van der Waals surface area contributed by atoms with Crippen molar-refractivity contribution in [3.8, 4) is 0 Å². The van der Waals surface area contributed by atoms with Gasteiger partial charge >= 0.3 is 11.9 Å². The minimum atomic E-state index is -0.986. The molecule has 0 spiro atoms. The first kappa shape index (κ1) is 15.1. The van der Waals surface area contributed by atoms with E-state index in [2.05, 4.69) is 12.2 Å². The number of nitrogens with one attached hydrogen (secondary N) is 1. The van der Waals surface area contributed by atoms with Crippen LogP contribution >= 0.6 is 0 Å². The molecule has 0 saturated heterocycles. The number of ether oxygens (including phenoxy) is 1. The topological polar surface area (TPSA) is 55.4 Å². The average Bonchev–Trinajstić information content (AvgIpc) is 2.41. The summed E-state index contributed by atoms with van der Waals surface area (Å²) in [5, 5.41) is 2.17. The highest BCUT2D eigenvalue weighted by atomic mass is 19.1. The number of rotatable bonds is 6. The van der Waals surface area contributed by atoms with Gasteiger partial charge in [-0.1, -0.05) is 38.3 Å². The highest BCUT2D eigenvalue weighted by Gasteiger charge is 2.16. The molecule has 5 heteroatoms. The number of amides is 1. The lowest BCUT2D eigenvalue weighted by Gasteiger charge is -2.06. The fourth-order valence-corrected chi connectivity index (χ4v) is 1.50. The Bertz CT molecular complexity index is 434. The summed E-state index contributed by atoms with van der Waals surface area (Å²) < 4.78 is 18.0. The molecule has 0 aliphatic heterocycles. The third-order valence-corrected chi connectivity index (χ3v) is 2.54. The summed E-state index contributed by atoms with van der Waals surface area (Å²) in [6, 6.07) is 5.64. The van der Waals surface area contributed by atoms with Crippen LogP contribution in [0.1, 0.15) is 32.6 Å². The van der Waals surface area contributed by atoms with E-state index < -0.39 is 17.7 Å². The zero-order valence-electron chi connectivity index (χ0n) is 10.9. The standard InChI is InChI=1S/C14H18FNO3/c1-2-3-4-7-10-19-14(18)13(17)16-12-9-6-5-8-11(12)15/h5-6,8-9H,2-4,7,10H2,1H3,(H,16,17). The van der Waals surface area contributed by atoms with Gasteiger partial charge in [0.25, 0.3) is 0 Å². The van der Waals surface area contributed by atoms with Gasteiger partial charge in [-0.2, -0.15) is 0 Å². The van der Waals surface area contributed by atoms with Gasteiger partial charge < -0.3 is 10.1 Å². The first-order valence-electron chi connectivity index (χ1n) is 6.37. The van der Waals surface area contributed by atoms with Gasteiger partial charge in [-0.05, 0) is 18.6 Å². The number of hydrogen-bond donors (Lipinski definition) is 1. The minimum Gasteiger partial charge on any atom is -0.459 e. The molecule has 0 bridgehead atoms. The van der Waals surface area contributed by atoms with E-state index in [1.54, 1.807) is 6.07 Å². The van der Waals surface area contributed by atoms with Crippen molar-refractivity contribution in [3.63, 3.8) is 0 Å². The van der Waals surface area contributed by atoms with Gasteiger partial charge in [-0.25, -0.2) is 9.18 Å². The van der Waals surface area contributed by atoms with Crippen LogP contribution in [0.4, 0.5) is 10.1 Å². The summed E-state index contributed by atoms with van der Waals surface area (Å²) >= 11 is 0. The molecule has 1 rings (SSSR count). The molecule has 104 valence electrons. The average molecular weight is 267 g/mol. The summed E-state index contributed by atoms with van der Waals surface area (Å²) in [6.07, 6.45) is 3.84. The van der Waals surface area contributed by atoms with E-state index in [0.29, 0.717) is 0 Å². The van der Waals surface area contributed by atoms with Crippen molar-refractivity contribution < 1.29 is 18.7 Å². The van der Waals surface area contributed by atoms with Crippen LogP contribution in [0.15, 0.2) is 24.3 Å². The summed E-state index contributed by atoms with van der Waals surface area (Å²) in [4.78, 5) is 22.8. The van der Waals surface area contributed by atoms with Crippen molar-refractivity contribution in [1.82, 2.24) is 0 Å². The predicted octanol–water partition coefficient (Wildman–Crippen LogP) is 2.89. The molecule has 4 nitrogen and oxygen atoms in total. The van der Waals surface area contributed by atoms with Crippen LogP contribution in [0, 0.1) is 5.82 Å². The van der Waals surface area contributed by atoms with Crippen molar-refractivity contribution in [2.45, 2.75) is 32.6 Å². The highest BCUT2D eigenvalue weighted by molar-refractivity contribution is 6.37. The number of benzene rings is 1. The highest BCUT2D eigenvalue weighted by Crippen LogP contribution is 2.12. The van der Waals surface area contributed by atoms with E-state index in [9.17, 15) is 14.0 Å². The predicted molar refractivity (Wildman–Crippen MR) is 70.1 cm³/mol. The van der Waals surface area contributed by atoms with Crippen LogP contribution in [-0.4, -0.2) is 18.5 Å². The Morgan fingerprint density at radius 1 is 1.21 bits per heavy atom. The molecule has 0 saturated carbocycles. The maximum atomic E-state index is 13.2. The molecule has 0 heterocycles. The molecule has 1 aromatic carbocycles. The first-order chi connectivity index (χ1) is 9.15. The second kappa shape index (κ2) is 8.24.